The zero-order valence-corrected chi connectivity index (χ0v) is 21.4. The van der Waals surface area contributed by atoms with E-state index in [4.69, 9.17) is 9.47 Å². The quantitative estimate of drug-likeness (QED) is 0.510. The molecule has 2 aliphatic heterocycles. The Bertz CT molecular complexity index is 1310. The Kier molecular flexibility index (Phi) is 6.27. The number of aliphatic hydroxyl groups excluding tert-OH is 1. The van der Waals surface area contributed by atoms with Crippen molar-refractivity contribution in [1.29, 1.82) is 0 Å². The number of hydrogen-bond donors (Lipinski definition) is 1. The van der Waals surface area contributed by atoms with Gasteiger partial charge in [0.25, 0.3) is 0 Å². The van der Waals surface area contributed by atoms with Crippen LogP contribution in [0.15, 0.2) is 55.0 Å². The van der Waals surface area contributed by atoms with E-state index in [0.717, 1.165) is 13.1 Å². The molecule has 2 fully saturated rings. The number of rotatable bonds is 5. The molecule has 1 N–H and O–H groups in total. The number of nitrogens with zero attached hydrogens (tertiary/aromatic N) is 4. The number of amides is 1. The summed E-state index contributed by atoms with van der Waals surface area (Å²) in [6.45, 7) is 9.97. The molecule has 0 saturated carbocycles. The second-order valence-corrected chi connectivity index (χ2v) is 10.9. The van der Waals surface area contributed by atoms with Gasteiger partial charge in [-0.25, -0.2) is 19.2 Å². The van der Waals surface area contributed by atoms with Gasteiger partial charge in [-0.05, 0) is 57.0 Å². The summed E-state index contributed by atoms with van der Waals surface area (Å²) in [4.78, 5) is 24.7. The summed E-state index contributed by atoms with van der Waals surface area (Å²) < 4.78 is 26.0. The van der Waals surface area contributed by atoms with Gasteiger partial charge in [0.15, 0.2) is 11.6 Å². The lowest BCUT2D eigenvalue weighted by Gasteiger charge is -2.60. The fraction of sp³-hybridized carbons (Fsp3) is 0.393. The lowest BCUT2D eigenvalue weighted by molar-refractivity contribution is -0.0455. The summed E-state index contributed by atoms with van der Waals surface area (Å²) >= 11 is 0. The second-order valence-electron chi connectivity index (χ2n) is 10.9. The van der Waals surface area contributed by atoms with Crippen LogP contribution in [0.5, 0.6) is 11.5 Å². The molecule has 2 aromatic carbocycles. The SMILES string of the molecule is CC(O)c1ccccc1-c1cc(F)ccc1Oc1cncnc1N1CC2(CN(C(=O)OC(C)(C)C)C2)C1. The number of anilines is 1. The van der Waals surface area contributed by atoms with Gasteiger partial charge in [0, 0.05) is 37.2 Å². The highest BCUT2D eigenvalue weighted by Gasteiger charge is 2.54. The summed E-state index contributed by atoms with van der Waals surface area (Å²) in [6, 6.07) is 11.6. The van der Waals surface area contributed by atoms with E-state index < -0.39 is 17.5 Å². The van der Waals surface area contributed by atoms with Crippen molar-refractivity contribution in [1.82, 2.24) is 14.9 Å². The number of likely N-dealkylation sites (tertiary alicyclic amines) is 1. The van der Waals surface area contributed by atoms with Crippen LogP contribution in [0.4, 0.5) is 15.0 Å². The Balaban J connectivity index is 1.34. The predicted molar refractivity (Wildman–Crippen MR) is 137 cm³/mol. The third-order valence-corrected chi connectivity index (χ3v) is 6.58. The molecule has 1 atom stereocenters. The fourth-order valence-electron chi connectivity index (χ4n) is 4.98. The van der Waals surface area contributed by atoms with Gasteiger partial charge in [0.05, 0.1) is 12.3 Å². The van der Waals surface area contributed by atoms with Crippen molar-refractivity contribution < 1.29 is 23.8 Å². The van der Waals surface area contributed by atoms with E-state index in [9.17, 15) is 14.3 Å². The third kappa shape index (κ3) is 5.09. The smallest absolute Gasteiger partial charge is 0.410 e. The van der Waals surface area contributed by atoms with Gasteiger partial charge in [0.1, 0.15) is 23.5 Å². The summed E-state index contributed by atoms with van der Waals surface area (Å²) in [7, 11) is 0. The normalized spacial score (nSPS) is 17.1. The summed E-state index contributed by atoms with van der Waals surface area (Å²) in [5.41, 5.74) is 1.37. The highest BCUT2D eigenvalue weighted by Crippen LogP contribution is 2.45. The zero-order valence-electron chi connectivity index (χ0n) is 21.4. The van der Waals surface area contributed by atoms with Gasteiger partial charge in [0.2, 0.25) is 0 Å². The highest BCUT2D eigenvalue weighted by molar-refractivity contribution is 5.75. The molecule has 0 bridgehead atoms. The molecule has 1 unspecified atom stereocenters. The van der Waals surface area contributed by atoms with E-state index in [1.807, 2.05) is 45.0 Å². The molecular formula is C28H31FN4O4. The van der Waals surface area contributed by atoms with Crippen molar-refractivity contribution in [2.45, 2.75) is 39.4 Å². The molecule has 2 aliphatic rings. The summed E-state index contributed by atoms with van der Waals surface area (Å²) in [5.74, 6) is 1.11. The van der Waals surface area contributed by atoms with Crippen molar-refractivity contribution in [2.24, 2.45) is 5.41 Å². The van der Waals surface area contributed by atoms with Crippen LogP contribution in [0.1, 0.15) is 39.4 Å². The van der Waals surface area contributed by atoms with Gasteiger partial charge >= 0.3 is 6.09 Å². The zero-order chi connectivity index (χ0) is 26.4. The number of aromatic nitrogens is 2. The molecule has 194 valence electrons. The van der Waals surface area contributed by atoms with Gasteiger partial charge in [-0.2, -0.15) is 0 Å². The third-order valence-electron chi connectivity index (χ3n) is 6.58. The Morgan fingerprint density at radius 2 is 1.81 bits per heavy atom. The molecule has 1 aromatic heterocycles. The monoisotopic (exact) mass is 506 g/mol. The standard InChI is InChI=1S/C28H31FN4O4/c1-18(34)20-7-5-6-8-21(20)22-11-19(29)9-10-23(22)36-24-12-30-17-31-25(24)32-13-28(14-32)15-33(16-28)26(35)37-27(2,3)4/h5-12,17-18,34H,13-16H2,1-4H3. The molecule has 3 aromatic rings. The molecule has 1 amide bonds. The van der Waals surface area contributed by atoms with Crippen LogP contribution < -0.4 is 9.64 Å². The first kappa shape index (κ1) is 25.0. The molecule has 5 rings (SSSR count). The van der Waals surface area contributed by atoms with Gasteiger partial charge in [-0.15, -0.1) is 0 Å². The lowest BCUT2D eigenvalue weighted by atomic mass is 9.73. The molecule has 1 spiro atoms. The van der Waals surface area contributed by atoms with Crippen LogP contribution in [-0.2, 0) is 4.74 Å². The van der Waals surface area contributed by atoms with Crippen molar-refractivity contribution in [3.05, 3.63) is 66.4 Å². The van der Waals surface area contributed by atoms with E-state index in [1.54, 1.807) is 24.1 Å². The number of carbonyl (C=O) groups excluding carboxylic acids is 1. The highest BCUT2D eigenvalue weighted by atomic mass is 19.1. The minimum Gasteiger partial charge on any atom is -0.451 e. The van der Waals surface area contributed by atoms with Crippen LogP contribution in [0.3, 0.4) is 0 Å². The number of halogens is 1. The number of ether oxygens (including phenoxy) is 2. The molecule has 2 saturated heterocycles. The second kappa shape index (κ2) is 9.30. The molecular weight excluding hydrogens is 475 g/mol. The maximum Gasteiger partial charge on any atom is 0.410 e. The molecule has 0 aliphatic carbocycles. The fourth-order valence-corrected chi connectivity index (χ4v) is 4.98. The van der Waals surface area contributed by atoms with Gasteiger partial charge in [-0.1, -0.05) is 24.3 Å². The van der Waals surface area contributed by atoms with Crippen LogP contribution in [0, 0.1) is 11.2 Å². The van der Waals surface area contributed by atoms with E-state index in [-0.39, 0.29) is 11.5 Å². The molecule has 0 radical (unpaired) electrons. The van der Waals surface area contributed by atoms with Crippen molar-refractivity contribution in [3.8, 4) is 22.6 Å². The number of aliphatic hydroxyl groups is 1. The number of carbonyl (C=O) groups is 1. The average Bonchev–Trinajstić information content (AvgIpc) is 2.78. The maximum absolute atomic E-state index is 14.3. The topological polar surface area (TPSA) is 88.0 Å². The Morgan fingerprint density at radius 1 is 1.08 bits per heavy atom. The molecule has 8 nitrogen and oxygen atoms in total. The van der Waals surface area contributed by atoms with Gasteiger partial charge < -0.3 is 24.4 Å². The lowest BCUT2D eigenvalue weighted by Crippen LogP contribution is -2.73. The van der Waals surface area contributed by atoms with E-state index >= 15 is 0 Å². The number of hydrogen-bond acceptors (Lipinski definition) is 7. The van der Waals surface area contributed by atoms with Crippen molar-refractivity contribution in [3.63, 3.8) is 0 Å². The van der Waals surface area contributed by atoms with Crippen LogP contribution in [-0.4, -0.2) is 57.8 Å². The van der Waals surface area contributed by atoms with Crippen LogP contribution in [0.2, 0.25) is 0 Å². The first-order valence-electron chi connectivity index (χ1n) is 12.3. The Hall–Kier alpha value is -3.72. The van der Waals surface area contributed by atoms with Crippen LogP contribution >= 0.6 is 0 Å². The minimum absolute atomic E-state index is 0.0103. The largest absolute Gasteiger partial charge is 0.451 e. The molecule has 3 heterocycles. The summed E-state index contributed by atoms with van der Waals surface area (Å²) in [6.07, 6.45) is 2.04. The maximum atomic E-state index is 14.3. The van der Waals surface area contributed by atoms with E-state index in [1.165, 1.54) is 18.5 Å². The number of benzene rings is 2. The van der Waals surface area contributed by atoms with E-state index in [0.29, 0.717) is 47.1 Å². The average molecular weight is 507 g/mol. The molecule has 9 heteroatoms. The van der Waals surface area contributed by atoms with Crippen molar-refractivity contribution in [2.75, 3.05) is 31.1 Å². The van der Waals surface area contributed by atoms with Gasteiger partial charge in [-0.3, -0.25) is 0 Å². The predicted octanol–water partition coefficient (Wildman–Crippen LogP) is 5.19. The Morgan fingerprint density at radius 3 is 2.51 bits per heavy atom. The Labute approximate surface area is 215 Å². The first-order chi connectivity index (χ1) is 17.5. The van der Waals surface area contributed by atoms with E-state index in [2.05, 4.69) is 14.9 Å². The van der Waals surface area contributed by atoms with Crippen LogP contribution in [0.25, 0.3) is 11.1 Å². The first-order valence-corrected chi connectivity index (χ1v) is 12.3. The summed E-state index contributed by atoms with van der Waals surface area (Å²) in [5, 5.41) is 10.3. The van der Waals surface area contributed by atoms with Crippen molar-refractivity contribution >= 4 is 11.9 Å². The minimum atomic E-state index is -0.733. The molecule has 37 heavy (non-hydrogen) atoms.